The molecule has 0 atom stereocenters. The van der Waals surface area contributed by atoms with Crippen LogP contribution in [0.2, 0.25) is 0 Å². The predicted octanol–water partition coefficient (Wildman–Crippen LogP) is 2.87. The molecule has 4 nitrogen and oxygen atoms in total. The van der Waals surface area contributed by atoms with Crippen LogP contribution in [0.5, 0.6) is 0 Å². The zero-order chi connectivity index (χ0) is 11.4. The SMILES string of the molecule is CC=CC.CCCCCOP(=O)(O)O. The van der Waals surface area contributed by atoms with Crippen molar-refractivity contribution in [1.29, 1.82) is 0 Å². The Balaban J connectivity index is 0. The number of rotatable bonds is 5. The molecule has 0 amide bonds. The summed E-state index contributed by atoms with van der Waals surface area (Å²) in [4.78, 5) is 16.4. The van der Waals surface area contributed by atoms with Gasteiger partial charge in [0.15, 0.2) is 0 Å². The molecular formula is C9H21O4P. The lowest BCUT2D eigenvalue weighted by molar-refractivity contribution is 0.193. The van der Waals surface area contributed by atoms with Gasteiger partial charge in [0.2, 0.25) is 0 Å². The number of allylic oxidation sites excluding steroid dienone is 2. The monoisotopic (exact) mass is 224 g/mol. The zero-order valence-electron chi connectivity index (χ0n) is 9.14. The smallest absolute Gasteiger partial charge is 0.303 e. The highest BCUT2D eigenvalue weighted by Gasteiger charge is 2.11. The molecule has 0 aromatic heterocycles. The van der Waals surface area contributed by atoms with Crippen molar-refractivity contribution in [2.24, 2.45) is 0 Å². The molecule has 2 N–H and O–H groups in total. The summed E-state index contributed by atoms with van der Waals surface area (Å²) in [7, 11) is -4.21. The van der Waals surface area contributed by atoms with E-state index in [1.54, 1.807) is 0 Å². The Bertz CT molecular complexity index is 170. The molecule has 0 saturated heterocycles. The third kappa shape index (κ3) is 22.6. The highest BCUT2D eigenvalue weighted by atomic mass is 31.2. The van der Waals surface area contributed by atoms with Crippen molar-refractivity contribution in [2.75, 3.05) is 6.61 Å². The highest BCUT2D eigenvalue weighted by molar-refractivity contribution is 7.46. The summed E-state index contributed by atoms with van der Waals surface area (Å²) in [5.74, 6) is 0. The molecule has 0 rings (SSSR count). The highest BCUT2D eigenvalue weighted by Crippen LogP contribution is 2.35. The van der Waals surface area contributed by atoms with Crippen LogP contribution >= 0.6 is 7.82 Å². The van der Waals surface area contributed by atoms with E-state index in [2.05, 4.69) is 4.52 Å². The normalized spacial score (nSPS) is 11.2. The fraction of sp³-hybridized carbons (Fsp3) is 0.778. The summed E-state index contributed by atoms with van der Waals surface area (Å²) < 4.78 is 14.3. The van der Waals surface area contributed by atoms with Crippen LogP contribution in [0.3, 0.4) is 0 Å². The van der Waals surface area contributed by atoms with Crippen molar-refractivity contribution in [3.05, 3.63) is 12.2 Å². The fourth-order valence-corrected chi connectivity index (χ4v) is 0.902. The maximum Gasteiger partial charge on any atom is 0.469 e. The lowest BCUT2D eigenvalue weighted by Gasteiger charge is -2.02. The molecule has 0 aromatic carbocycles. The summed E-state index contributed by atoms with van der Waals surface area (Å²) in [5, 5.41) is 0. The number of hydrogen-bond donors (Lipinski definition) is 2. The van der Waals surface area contributed by atoms with Crippen LogP contribution in [-0.4, -0.2) is 16.4 Å². The van der Waals surface area contributed by atoms with Gasteiger partial charge in [-0.05, 0) is 20.3 Å². The molecule has 14 heavy (non-hydrogen) atoms. The second-order valence-electron chi connectivity index (χ2n) is 2.70. The molecule has 0 aliphatic carbocycles. The molecule has 0 aliphatic rings. The Labute approximate surface area is 86.2 Å². The maximum atomic E-state index is 10.1. The van der Waals surface area contributed by atoms with Crippen LogP contribution in [-0.2, 0) is 9.09 Å². The van der Waals surface area contributed by atoms with Crippen molar-refractivity contribution in [3.8, 4) is 0 Å². The van der Waals surface area contributed by atoms with Crippen molar-refractivity contribution in [2.45, 2.75) is 40.0 Å². The minimum absolute atomic E-state index is 0.151. The van der Waals surface area contributed by atoms with Crippen LogP contribution in [0.25, 0.3) is 0 Å². The molecule has 0 heterocycles. The molecule has 0 fully saturated rings. The fourth-order valence-electron chi connectivity index (χ4n) is 0.536. The van der Waals surface area contributed by atoms with E-state index in [1.807, 2.05) is 32.9 Å². The number of phosphoric acid groups is 1. The first-order valence-electron chi connectivity index (χ1n) is 4.75. The first-order valence-corrected chi connectivity index (χ1v) is 6.28. The lowest BCUT2D eigenvalue weighted by atomic mass is 10.3. The largest absolute Gasteiger partial charge is 0.469 e. The second kappa shape index (κ2) is 10.9. The lowest BCUT2D eigenvalue weighted by Crippen LogP contribution is -1.91. The number of phosphoric ester groups is 1. The van der Waals surface area contributed by atoms with Crippen molar-refractivity contribution in [3.63, 3.8) is 0 Å². The van der Waals surface area contributed by atoms with E-state index < -0.39 is 7.82 Å². The minimum atomic E-state index is -4.21. The summed E-state index contributed by atoms with van der Waals surface area (Å²) in [6.45, 7) is 6.16. The predicted molar refractivity (Wildman–Crippen MR) is 58.0 cm³/mol. The standard InChI is InChI=1S/C5H13O4P.C4H8/c1-2-3-4-5-9-10(6,7)8;1-3-4-2/h2-5H2,1H3,(H2,6,7,8);3-4H,1-2H3. The summed E-state index contributed by atoms with van der Waals surface area (Å²) in [6, 6.07) is 0. The minimum Gasteiger partial charge on any atom is -0.303 e. The third-order valence-corrected chi connectivity index (χ3v) is 1.86. The van der Waals surface area contributed by atoms with Gasteiger partial charge < -0.3 is 9.79 Å². The van der Waals surface area contributed by atoms with Gasteiger partial charge in [-0.2, -0.15) is 0 Å². The van der Waals surface area contributed by atoms with Crippen molar-refractivity contribution >= 4 is 7.82 Å². The molecule has 0 aliphatic heterocycles. The van der Waals surface area contributed by atoms with Gasteiger partial charge in [-0.25, -0.2) is 4.57 Å². The Hall–Kier alpha value is -0.150. The van der Waals surface area contributed by atoms with Crippen molar-refractivity contribution < 1.29 is 18.9 Å². The molecular weight excluding hydrogens is 203 g/mol. The molecule has 0 bridgehead atoms. The number of unbranched alkanes of at least 4 members (excludes halogenated alkanes) is 2. The molecule has 5 heteroatoms. The zero-order valence-corrected chi connectivity index (χ0v) is 10.0. The quantitative estimate of drug-likeness (QED) is 0.428. The molecule has 86 valence electrons. The molecule has 0 spiro atoms. The Morgan fingerprint density at radius 3 is 2.00 bits per heavy atom. The van der Waals surface area contributed by atoms with Gasteiger partial charge in [0.05, 0.1) is 6.61 Å². The average molecular weight is 224 g/mol. The van der Waals surface area contributed by atoms with E-state index in [4.69, 9.17) is 9.79 Å². The Kier molecular flexibility index (Phi) is 12.7. The summed E-state index contributed by atoms with van der Waals surface area (Å²) >= 11 is 0. The van der Waals surface area contributed by atoms with Gasteiger partial charge in [0.1, 0.15) is 0 Å². The maximum absolute atomic E-state index is 10.1. The van der Waals surface area contributed by atoms with Gasteiger partial charge in [-0.1, -0.05) is 31.9 Å². The third-order valence-electron chi connectivity index (χ3n) is 1.34. The van der Waals surface area contributed by atoms with Crippen molar-refractivity contribution in [1.82, 2.24) is 0 Å². The van der Waals surface area contributed by atoms with E-state index in [0.717, 1.165) is 12.8 Å². The Morgan fingerprint density at radius 2 is 1.71 bits per heavy atom. The van der Waals surface area contributed by atoms with Crippen LogP contribution in [0.4, 0.5) is 0 Å². The van der Waals surface area contributed by atoms with Crippen LogP contribution < -0.4 is 0 Å². The van der Waals surface area contributed by atoms with Gasteiger partial charge >= 0.3 is 7.82 Å². The van der Waals surface area contributed by atoms with Gasteiger partial charge in [-0.15, -0.1) is 0 Å². The van der Waals surface area contributed by atoms with E-state index in [0.29, 0.717) is 6.42 Å². The van der Waals surface area contributed by atoms with Crippen LogP contribution in [0.1, 0.15) is 40.0 Å². The first-order chi connectivity index (χ1) is 6.47. The van der Waals surface area contributed by atoms with E-state index in [9.17, 15) is 4.57 Å². The van der Waals surface area contributed by atoms with Gasteiger partial charge in [0.25, 0.3) is 0 Å². The number of hydrogen-bond acceptors (Lipinski definition) is 2. The van der Waals surface area contributed by atoms with E-state index in [-0.39, 0.29) is 6.61 Å². The van der Waals surface area contributed by atoms with Crippen LogP contribution in [0, 0.1) is 0 Å². The first kappa shape index (κ1) is 16.3. The average Bonchev–Trinajstić information content (AvgIpc) is 2.11. The second-order valence-corrected chi connectivity index (χ2v) is 3.94. The van der Waals surface area contributed by atoms with Gasteiger partial charge in [-0.3, -0.25) is 4.52 Å². The molecule has 0 unspecified atom stereocenters. The van der Waals surface area contributed by atoms with E-state index >= 15 is 0 Å². The van der Waals surface area contributed by atoms with E-state index in [1.165, 1.54) is 0 Å². The summed E-state index contributed by atoms with van der Waals surface area (Å²) in [6.07, 6.45) is 6.67. The molecule has 0 aromatic rings. The van der Waals surface area contributed by atoms with Gasteiger partial charge in [0, 0.05) is 0 Å². The molecule has 0 radical (unpaired) electrons. The Morgan fingerprint density at radius 1 is 1.21 bits per heavy atom. The summed E-state index contributed by atoms with van der Waals surface area (Å²) in [5.41, 5.74) is 0. The molecule has 0 saturated carbocycles. The topological polar surface area (TPSA) is 66.8 Å². The van der Waals surface area contributed by atoms with Crippen LogP contribution in [0.15, 0.2) is 12.2 Å².